The number of thiophene rings is 1. The third-order valence-electron chi connectivity index (χ3n) is 3.51. The number of anilines is 2. The second kappa shape index (κ2) is 7.83. The smallest absolute Gasteiger partial charge is 0.163 e. The number of para-hydroxylation sites is 1. The molecule has 0 aliphatic rings. The Morgan fingerprint density at radius 3 is 2.50 bits per heavy atom. The molecule has 128 valence electrons. The van der Waals surface area contributed by atoms with Crippen LogP contribution in [0.25, 0.3) is 21.6 Å². The maximum Gasteiger partial charge on any atom is 0.163 e. The number of aromatic nitrogens is 2. The number of nitriles is 1. The van der Waals surface area contributed by atoms with Gasteiger partial charge < -0.3 is 11.5 Å². The zero-order valence-electron chi connectivity index (χ0n) is 13.6. The van der Waals surface area contributed by atoms with E-state index in [9.17, 15) is 0 Å². The van der Waals surface area contributed by atoms with Gasteiger partial charge in [0.1, 0.15) is 10.6 Å². The van der Waals surface area contributed by atoms with Gasteiger partial charge in [-0.15, -0.1) is 11.3 Å². The zero-order chi connectivity index (χ0) is 18.5. The van der Waals surface area contributed by atoms with E-state index in [1.165, 1.54) is 11.3 Å². The third kappa shape index (κ3) is 3.91. The van der Waals surface area contributed by atoms with Crippen molar-refractivity contribution >= 4 is 44.7 Å². The summed E-state index contributed by atoms with van der Waals surface area (Å²) in [5.41, 5.74) is 13.3. The van der Waals surface area contributed by atoms with Crippen LogP contribution in [0.15, 0.2) is 60.0 Å². The highest BCUT2D eigenvalue weighted by Gasteiger charge is 2.08. The number of nitrogens with zero attached hydrogens (tertiary/aromatic N) is 3. The summed E-state index contributed by atoms with van der Waals surface area (Å²) < 4.78 is 0. The molecule has 2 aromatic carbocycles. The normalized spacial score (nSPS) is 10.0. The fourth-order valence-electron chi connectivity index (χ4n) is 2.21. The molecule has 2 heterocycles. The largest absolute Gasteiger partial charge is 0.398 e. The first-order valence-electron chi connectivity index (χ1n) is 7.59. The summed E-state index contributed by atoms with van der Waals surface area (Å²) in [5, 5.41) is 12.3. The van der Waals surface area contributed by atoms with Crippen LogP contribution in [0.3, 0.4) is 0 Å². The standard InChI is InChI=1S/C13H8N4S.C6H6ClN/c14-7-8-2-1-3-9(6-8)12-16-11(15)10-4-5-18-13(10)17-12;7-5-3-1-2-4-6(5)8/h1-6H,(H2,15,16,17);1-4H,8H2. The molecule has 5 nitrogen and oxygen atoms in total. The van der Waals surface area contributed by atoms with E-state index in [1.54, 1.807) is 24.3 Å². The maximum absolute atomic E-state index is 8.89. The van der Waals surface area contributed by atoms with Crippen molar-refractivity contribution in [3.05, 3.63) is 70.6 Å². The number of nitrogens with two attached hydrogens (primary N) is 2. The Morgan fingerprint density at radius 2 is 1.81 bits per heavy atom. The quantitative estimate of drug-likeness (QED) is 0.465. The van der Waals surface area contributed by atoms with Crippen molar-refractivity contribution in [1.82, 2.24) is 9.97 Å². The van der Waals surface area contributed by atoms with E-state index in [-0.39, 0.29) is 0 Å². The first-order valence-corrected chi connectivity index (χ1v) is 8.85. The first kappa shape index (κ1) is 17.7. The molecule has 4 aromatic rings. The Balaban J connectivity index is 0.000000206. The lowest BCUT2D eigenvalue weighted by atomic mass is 10.1. The molecule has 0 saturated heterocycles. The van der Waals surface area contributed by atoms with Crippen LogP contribution < -0.4 is 11.5 Å². The highest BCUT2D eigenvalue weighted by Crippen LogP contribution is 2.26. The Hall–Kier alpha value is -3.14. The number of nitrogen functional groups attached to an aromatic ring is 2. The molecule has 4 N–H and O–H groups in total. The Bertz CT molecular complexity index is 1080. The van der Waals surface area contributed by atoms with Crippen molar-refractivity contribution in [1.29, 1.82) is 5.26 Å². The van der Waals surface area contributed by atoms with Crippen molar-refractivity contribution in [3.63, 3.8) is 0 Å². The lowest BCUT2D eigenvalue weighted by Crippen LogP contribution is -1.96. The lowest BCUT2D eigenvalue weighted by molar-refractivity contribution is 1.24. The number of halogens is 1. The molecule has 7 heteroatoms. The molecule has 0 unspecified atom stereocenters. The minimum Gasteiger partial charge on any atom is -0.398 e. The van der Waals surface area contributed by atoms with Crippen molar-refractivity contribution in [2.24, 2.45) is 0 Å². The average molecular weight is 380 g/mol. The molecule has 0 fully saturated rings. The molecular formula is C19H14ClN5S. The molecule has 0 amide bonds. The molecule has 0 radical (unpaired) electrons. The molecule has 0 spiro atoms. The van der Waals surface area contributed by atoms with Gasteiger partial charge in [-0.3, -0.25) is 0 Å². The van der Waals surface area contributed by atoms with Gasteiger partial charge in [0.15, 0.2) is 5.82 Å². The predicted molar refractivity (Wildman–Crippen MR) is 108 cm³/mol. The number of fused-ring (bicyclic) bond motifs is 1. The molecule has 0 aliphatic heterocycles. The molecule has 2 aromatic heterocycles. The first-order chi connectivity index (χ1) is 12.6. The van der Waals surface area contributed by atoms with Crippen molar-refractivity contribution in [2.45, 2.75) is 0 Å². The fourth-order valence-corrected chi connectivity index (χ4v) is 3.12. The van der Waals surface area contributed by atoms with Gasteiger partial charge in [0, 0.05) is 5.56 Å². The molecule has 26 heavy (non-hydrogen) atoms. The molecule has 4 rings (SSSR count). The van der Waals surface area contributed by atoms with Gasteiger partial charge in [-0.05, 0) is 35.7 Å². The molecular weight excluding hydrogens is 366 g/mol. The van der Waals surface area contributed by atoms with Crippen LogP contribution in [0.4, 0.5) is 11.5 Å². The van der Waals surface area contributed by atoms with Crippen LogP contribution in [-0.4, -0.2) is 9.97 Å². The molecule has 0 saturated carbocycles. The van der Waals surface area contributed by atoms with E-state index in [4.69, 9.17) is 28.3 Å². The number of rotatable bonds is 1. The minimum atomic E-state index is 0.471. The molecule has 0 aliphatic carbocycles. The Morgan fingerprint density at radius 1 is 1.00 bits per heavy atom. The third-order valence-corrected chi connectivity index (χ3v) is 4.66. The summed E-state index contributed by atoms with van der Waals surface area (Å²) in [6, 6.07) is 18.4. The van der Waals surface area contributed by atoms with E-state index in [2.05, 4.69) is 16.0 Å². The molecule has 0 atom stereocenters. The second-order valence-corrected chi connectivity index (χ2v) is 6.59. The number of hydrogen-bond acceptors (Lipinski definition) is 6. The van der Waals surface area contributed by atoms with Crippen LogP contribution in [0, 0.1) is 11.3 Å². The van der Waals surface area contributed by atoms with Crippen LogP contribution in [-0.2, 0) is 0 Å². The van der Waals surface area contributed by atoms with E-state index in [1.807, 2.05) is 35.7 Å². The van der Waals surface area contributed by atoms with Gasteiger partial charge in [0.2, 0.25) is 0 Å². The van der Waals surface area contributed by atoms with Crippen LogP contribution in [0.2, 0.25) is 5.02 Å². The number of hydrogen-bond donors (Lipinski definition) is 2. The lowest BCUT2D eigenvalue weighted by Gasteiger charge is -2.02. The van der Waals surface area contributed by atoms with Crippen LogP contribution in [0.1, 0.15) is 5.56 Å². The minimum absolute atomic E-state index is 0.471. The summed E-state index contributed by atoms with van der Waals surface area (Å²) in [6.45, 7) is 0. The SMILES string of the molecule is N#Cc1cccc(-c2nc(N)c3ccsc3n2)c1.Nc1ccccc1Cl. The fraction of sp³-hybridized carbons (Fsp3) is 0. The maximum atomic E-state index is 8.89. The summed E-state index contributed by atoms with van der Waals surface area (Å²) in [6.07, 6.45) is 0. The topological polar surface area (TPSA) is 102 Å². The molecule has 0 bridgehead atoms. The van der Waals surface area contributed by atoms with Gasteiger partial charge >= 0.3 is 0 Å². The van der Waals surface area contributed by atoms with E-state index in [0.717, 1.165) is 15.8 Å². The monoisotopic (exact) mass is 379 g/mol. The van der Waals surface area contributed by atoms with Crippen molar-refractivity contribution in [3.8, 4) is 17.5 Å². The van der Waals surface area contributed by atoms with Crippen molar-refractivity contribution < 1.29 is 0 Å². The Labute approximate surface area is 159 Å². The van der Waals surface area contributed by atoms with Gasteiger partial charge in [-0.2, -0.15) is 5.26 Å². The van der Waals surface area contributed by atoms with Crippen LogP contribution in [0.5, 0.6) is 0 Å². The average Bonchev–Trinajstić information content (AvgIpc) is 3.14. The zero-order valence-corrected chi connectivity index (χ0v) is 15.1. The predicted octanol–water partition coefficient (Wildman–Crippen LogP) is 4.73. The van der Waals surface area contributed by atoms with Crippen molar-refractivity contribution in [2.75, 3.05) is 11.5 Å². The van der Waals surface area contributed by atoms with Gasteiger partial charge in [0.25, 0.3) is 0 Å². The summed E-state index contributed by atoms with van der Waals surface area (Å²) in [4.78, 5) is 9.60. The van der Waals surface area contributed by atoms with Gasteiger partial charge in [0.05, 0.1) is 27.7 Å². The van der Waals surface area contributed by atoms with E-state index >= 15 is 0 Å². The van der Waals surface area contributed by atoms with Crippen LogP contribution >= 0.6 is 22.9 Å². The van der Waals surface area contributed by atoms with Gasteiger partial charge in [-0.1, -0.05) is 35.9 Å². The van der Waals surface area contributed by atoms with E-state index < -0.39 is 0 Å². The summed E-state index contributed by atoms with van der Waals surface area (Å²) >= 11 is 7.11. The highest BCUT2D eigenvalue weighted by atomic mass is 35.5. The Kier molecular flexibility index (Phi) is 5.32. The summed E-state index contributed by atoms with van der Waals surface area (Å²) in [7, 11) is 0. The van der Waals surface area contributed by atoms with Gasteiger partial charge in [-0.25, -0.2) is 9.97 Å². The highest BCUT2D eigenvalue weighted by molar-refractivity contribution is 7.16. The summed E-state index contributed by atoms with van der Waals surface area (Å²) in [5.74, 6) is 1.03. The second-order valence-electron chi connectivity index (χ2n) is 5.29. The number of benzene rings is 2. The van der Waals surface area contributed by atoms with E-state index in [0.29, 0.717) is 27.9 Å².